The number of carbonyl (C=O) groups is 1. The number of amides is 1. The summed E-state index contributed by atoms with van der Waals surface area (Å²) in [5, 5.41) is 10.7. The zero-order valence-corrected chi connectivity index (χ0v) is 14.7. The molecule has 26 heavy (non-hydrogen) atoms. The number of hydrogen-bond acceptors (Lipinski definition) is 4. The van der Waals surface area contributed by atoms with Gasteiger partial charge in [0, 0.05) is 37.2 Å². The topological polar surface area (TPSA) is 65.1 Å². The van der Waals surface area contributed by atoms with Crippen LogP contribution >= 0.6 is 0 Å². The van der Waals surface area contributed by atoms with Gasteiger partial charge in [-0.3, -0.25) is 9.69 Å². The molecule has 0 radical (unpaired) electrons. The van der Waals surface area contributed by atoms with Crippen molar-refractivity contribution in [3.05, 3.63) is 59.7 Å². The van der Waals surface area contributed by atoms with Crippen molar-refractivity contribution in [1.29, 1.82) is 0 Å². The second-order valence-electron chi connectivity index (χ2n) is 7.46. The minimum Gasteiger partial charge on any atom is -0.338 e. The number of fused-ring (bicyclic) bond motifs is 2. The van der Waals surface area contributed by atoms with Gasteiger partial charge in [-0.1, -0.05) is 30.3 Å². The van der Waals surface area contributed by atoms with Crippen LogP contribution in [0, 0.1) is 11.8 Å². The van der Waals surface area contributed by atoms with E-state index in [1.54, 1.807) is 0 Å². The lowest BCUT2D eigenvalue weighted by molar-refractivity contribution is 0.0768. The van der Waals surface area contributed by atoms with Crippen molar-refractivity contribution >= 4 is 16.9 Å². The Hall–Kier alpha value is -2.73. The first kappa shape index (κ1) is 15.5. The van der Waals surface area contributed by atoms with Crippen LogP contribution < -0.4 is 0 Å². The van der Waals surface area contributed by atoms with E-state index in [0.717, 1.165) is 30.7 Å². The molecule has 3 heterocycles. The molecule has 0 bridgehead atoms. The van der Waals surface area contributed by atoms with Crippen molar-refractivity contribution in [2.24, 2.45) is 11.8 Å². The number of nitrogens with zero attached hydrogens (tertiary/aromatic N) is 4. The molecule has 2 saturated heterocycles. The first-order chi connectivity index (χ1) is 12.7. The van der Waals surface area contributed by atoms with Gasteiger partial charge in [0.15, 0.2) is 0 Å². The molecule has 132 valence electrons. The molecule has 1 amide bonds. The van der Waals surface area contributed by atoms with Crippen LogP contribution in [0.15, 0.2) is 48.5 Å². The predicted molar refractivity (Wildman–Crippen MR) is 98.6 cm³/mol. The highest BCUT2D eigenvalue weighted by atomic mass is 16.2. The van der Waals surface area contributed by atoms with Gasteiger partial charge in [-0.05, 0) is 36.7 Å². The van der Waals surface area contributed by atoms with Crippen molar-refractivity contribution in [1.82, 2.24) is 25.2 Å². The fourth-order valence-electron chi connectivity index (χ4n) is 4.73. The van der Waals surface area contributed by atoms with Gasteiger partial charge in [0.05, 0.1) is 0 Å². The van der Waals surface area contributed by atoms with Crippen LogP contribution in [0.3, 0.4) is 0 Å². The minimum atomic E-state index is 0.0961. The lowest BCUT2D eigenvalue weighted by atomic mass is 9.90. The highest BCUT2D eigenvalue weighted by Gasteiger charge is 2.47. The maximum atomic E-state index is 13.0. The van der Waals surface area contributed by atoms with Crippen molar-refractivity contribution in [2.75, 3.05) is 26.7 Å². The lowest BCUT2D eigenvalue weighted by Gasteiger charge is -2.27. The third kappa shape index (κ3) is 2.41. The van der Waals surface area contributed by atoms with Crippen LogP contribution in [-0.4, -0.2) is 57.8 Å². The standard InChI is InChI=1S/C20H21N5O/c1-24-10-15-11-25(12-16(15)19(24)13-5-3-2-4-6-13)20(26)14-7-8-17-18(9-14)22-23-21-17/h2-9,15-16,19H,10-12H2,1H3,(H,21,22,23)/t15-,16+,19-/m0/s1. The van der Waals surface area contributed by atoms with Gasteiger partial charge in [-0.15, -0.1) is 0 Å². The van der Waals surface area contributed by atoms with Crippen molar-refractivity contribution in [3.63, 3.8) is 0 Å². The monoisotopic (exact) mass is 347 g/mol. The zero-order chi connectivity index (χ0) is 17.7. The van der Waals surface area contributed by atoms with E-state index in [4.69, 9.17) is 0 Å². The molecule has 0 saturated carbocycles. The summed E-state index contributed by atoms with van der Waals surface area (Å²) in [7, 11) is 2.20. The average molecular weight is 347 g/mol. The van der Waals surface area contributed by atoms with Gasteiger partial charge in [0.25, 0.3) is 5.91 Å². The fourth-order valence-corrected chi connectivity index (χ4v) is 4.73. The Kier molecular flexibility index (Phi) is 3.53. The Bertz CT molecular complexity index is 953. The predicted octanol–water partition coefficient (Wildman–Crippen LogP) is 2.33. The van der Waals surface area contributed by atoms with Crippen LogP contribution in [0.1, 0.15) is 22.0 Å². The Labute approximate surface area is 151 Å². The van der Waals surface area contributed by atoms with Gasteiger partial charge in [0.2, 0.25) is 0 Å². The molecule has 2 fully saturated rings. The van der Waals surface area contributed by atoms with Crippen molar-refractivity contribution < 1.29 is 4.79 Å². The van der Waals surface area contributed by atoms with Gasteiger partial charge in [-0.25, -0.2) is 0 Å². The van der Waals surface area contributed by atoms with E-state index in [9.17, 15) is 4.79 Å². The molecule has 6 heteroatoms. The van der Waals surface area contributed by atoms with Crippen LogP contribution in [-0.2, 0) is 0 Å². The van der Waals surface area contributed by atoms with E-state index in [1.807, 2.05) is 23.1 Å². The van der Waals surface area contributed by atoms with E-state index < -0.39 is 0 Å². The van der Waals surface area contributed by atoms with Crippen LogP contribution in [0.2, 0.25) is 0 Å². The Morgan fingerprint density at radius 1 is 1.04 bits per heavy atom. The van der Waals surface area contributed by atoms with Crippen LogP contribution in [0.5, 0.6) is 0 Å². The molecule has 2 aliphatic rings. The molecule has 1 aromatic heterocycles. The largest absolute Gasteiger partial charge is 0.338 e. The number of H-pyrrole nitrogens is 1. The summed E-state index contributed by atoms with van der Waals surface area (Å²) in [6.07, 6.45) is 0. The molecule has 3 aromatic rings. The summed E-state index contributed by atoms with van der Waals surface area (Å²) in [5.41, 5.74) is 3.56. The Morgan fingerprint density at radius 2 is 1.85 bits per heavy atom. The molecular weight excluding hydrogens is 326 g/mol. The third-order valence-electron chi connectivity index (χ3n) is 5.89. The molecule has 3 atom stereocenters. The normalized spacial score (nSPS) is 25.7. The highest BCUT2D eigenvalue weighted by molar-refractivity contribution is 5.97. The summed E-state index contributed by atoms with van der Waals surface area (Å²) >= 11 is 0. The number of benzene rings is 2. The number of hydrogen-bond donors (Lipinski definition) is 1. The number of carbonyl (C=O) groups excluding carboxylic acids is 1. The molecule has 1 N–H and O–H groups in total. The van der Waals surface area contributed by atoms with E-state index in [1.165, 1.54) is 5.56 Å². The van der Waals surface area contributed by atoms with E-state index in [0.29, 0.717) is 23.4 Å². The lowest BCUT2D eigenvalue weighted by Crippen LogP contribution is -2.33. The first-order valence-electron chi connectivity index (χ1n) is 9.06. The number of aromatic amines is 1. The highest BCUT2D eigenvalue weighted by Crippen LogP contribution is 2.44. The summed E-state index contributed by atoms with van der Waals surface area (Å²) in [4.78, 5) is 17.5. The second kappa shape index (κ2) is 5.92. The molecule has 2 aromatic carbocycles. The Morgan fingerprint density at radius 3 is 2.69 bits per heavy atom. The molecule has 5 rings (SSSR count). The van der Waals surface area contributed by atoms with Crippen molar-refractivity contribution in [2.45, 2.75) is 6.04 Å². The SMILES string of the molecule is CN1C[C@H]2CN(C(=O)c3ccc4n[nH]nc4c3)C[C@H]2[C@@H]1c1ccccc1. The van der Waals surface area contributed by atoms with E-state index in [-0.39, 0.29) is 5.91 Å². The summed E-state index contributed by atoms with van der Waals surface area (Å²) < 4.78 is 0. The average Bonchev–Trinajstić information content (AvgIpc) is 3.35. The third-order valence-corrected chi connectivity index (χ3v) is 5.89. The summed E-state index contributed by atoms with van der Waals surface area (Å²) in [6.45, 7) is 2.68. The number of rotatable bonds is 2. The van der Waals surface area contributed by atoms with Gasteiger partial charge < -0.3 is 4.90 Å². The molecule has 0 spiro atoms. The molecule has 6 nitrogen and oxygen atoms in total. The zero-order valence-electron chi connectivity index (χ0n) is 14.7. The summed E-state index contributed by atoms with van der Waals surface area (Å²) in [6, 6.07) is 16.6. The van der Waals surface area contributed by atoms with Crippen molar-refractivity contribution in [3.8, 4) is 0 Å². The van der Waals surface area contributed by atoms with Crippen LogP contribution in [0.4, 0.5) is 0 Å². The molecule has 0 unspecified atom stereocenters. The molecular formula is C20H21N5O. The van der Waals surface area contributed by atoms with Gasteiger partial charge in [0.1, 0.15) is 11.0 Å². The molecule has 0 aliphatic carbocycles. The number of nitrogens with one attached hydrogen (secondary N) is 1. The maximum Gasteiger partial charge on any atom is 0.253 e. The fraction of sp³-hybridized carbons (Fsp3) is 0.350. The minimum absolute atomic E-state index is 0.0961. The first-order valence-corrected chi connectivity index (χ1v) is 9.06. The van der Waals surface area contributed by atoms with Crippen LogP contribution in [0.25, 0.3) is 11.0 Å². The summed E-state index contributed by atoms with van der Waals surface area (Å²) in [5.74, 6) is 1.12. The molecule has 2 aliphatic heterocycles. The number of likely N-dealkylation sites (tertiary alicyclic amines) is 2. The van der Waals surface area contributed by atoms with Gasteiger partial charge >= 0.3 is 0 Å². The smallest absolute Gasteiger partial charge is 0.253 e. The van der Waals surface area contributed by atoms with Gasteiger partial charge in [-0.2, -0.15) is 15.4 Å². The quantitative estimate of drug-likeness (QED) is 0.773. The maximum absolute atomic E-state index is 13.0. The second-order valence-corrected chi connectivity index (χ2v) is 7.46. The Balaban J connectivity index is 1.39. The number of aromatic nitrogens is 3. The van der Waals surface area contributed by atoms with E-state index in [2.05, 4.69) is 57.7 Å². The van der Waals surface area contributed by atoms with E-state index >= 15 is 0 Å².